The van der Waals surface area contributed by atoms with E-state index in [0.717, 1.165) is 25.7 Å². The van der Waals surface area contributed by atoms with Crippen LogP contribution in [0.1, 0.15) is 39.0 Å². The number of carbonyl (C=O) groups is 1. The number of halogens is 2. The van der Waals surface area contributed by atoms with Gasteiger partial charge in [-0.25, -0.2) is 0 Å². The second-order valence-electron chi connectivity index (χ2n) is 7.05. The summed E-state index contributed by atoms with van der Waals surface area (Å²) in [6, 6.07) is 5.48. The molecule has 2 aliphatic carbocycles. The van der Waals surface area contributed by atoms with Crippen LogP contribution in [0.5, 0.6) is 5.75 Å². The Balaban J connectivity index is 1.62. The summed E-state index contributed by atoms with van der Waals surface area (Å²) in [7, 11) is 0. The summed E-state index contributed by atoms with van der Waals surface area (Å²) < 4.78 is 5.72. The summed E-state index contributed by atoms with van der Waals surface area (Å²) in [6.45, 7) is 1.74. The Morgan fingerprint density at radius 1 is 1.29 bits per heavy atom. The van der Waals surface area contributed by atoms with E-state index in [0.29, 0.717) is 27.6 Å². The van der Waals surface area contributed by atoms with Crippen molar-refractivity contribution in [1.29, 1.82) is 0 Å². The van der Waals surface area contributed by atoms with E-state index in [1.807, 2.05) is 0 Å². The lowest BCUT2D eigenvalue weighted by Crippen LogP contribution is -2.55. The molecule has 2 aliphatic rings. The highest BCUT2D eigenvalue weighted by Gasteiger charge is 2.40. The van der Waals surface area contributed by atoms with E-state index in [9.17, 15) is 4.79 Å². The zero-order valence-electron chi connectivity index (χ0n) is 13.8. The van der Waals surface area contributed by atoms with Crippen LogP contribution in [0.3, 0.4) is 0 Å². The van der Waals surface area contributed by atoms with Gasteiger partial charge in [-0.15, -0.1) is 0 Å². The van der Waals surface area contributed by atoms with Crippen LogP contribution in [-0.4, -0.2) is 24.1 Å². The van der Waals surface area contributed by atoms with E-state index < -0.39 is 6.10 Å². The lowest BCUT2D eigenvalue weighted by atomic mass is 9.67. The molecule has 1 amide bonds. The molecule has 1 aromatic rings. The molecule has 3 unspecified atom stereocenters. The number of hydrogen-bond donors (Lipinski definition) is 2. The number of nitrogens with two attached hydrogens (primary N) is 1. The number of ether oxygens (including phenoxy) is 1. The summed E-state index contributed by atoms with van der Waals surface area (Å²) in [5.74, 6) is 1.35. The molecule has 0 aliphatic heterocycles. The molecule has 1 aromatic carbocycles. The van der Waals surface area contributed by atoms with Gasteiger partial charge < -0.3 is 15.8 Å². The van der Waals surface area contributed by atoms with Crippen molar-refractivity contribution in [2.24, 2.45) is 17.6 Å². The predicted octanol–water partition coefficient (Wildman–Crippen LogP) is 3.78. The highest BCUT2D eigenvalue weighted by atomic mass is 35.5. The summed E-state index contributed by atoms with van der Waals surface area (Å²) in [5, 5.41) is 4.15. The van der Waals surface area contributed by atoms with Crippen molar-refractivity contribution in [2.45, 2.75) is 57.2 Å². The Kier molecular flexibility index (Phi) is 5.58. The molecular weight excluding hydrogens is 347 g/mol. The number of carbonyl (C=O) groups excluding carboxylic acids is 1. The van der Waals surface area contributed by atoms with Crippen molar-refractivity contribution in [2.75, 3.05) is 0 Å². The lowest BCUT2D eigenvalue weighted by molar-refractivity contribution is -0.129. The van der Waals surface area contributed by atoms with Gasteiger partial charge in [0.15, 0.2) is 6.10 Å². The molecule has 0 heterocycles. The summed E-state index contributed by atoms with van der Waals surface area (Å²) in [6.07, 6.45) is 4.92. The Hall–Kier alpha value is -0.970. The minimum atomic E-state index is -0.611. The van der Waals surface area contributed by atoms with Gasteiger partial charge in [0.2, 0.25) is 0 Å². The van der Waals surface area contributed by atoms with Crippen LogP contribution < -0.4 is 15.8 Å². The highest BCUT2D eigenvalue weighted by Crippen LogP contribution is 2.39. The Labute approximate surface area is 153 Å². The molecule has 2 saturated carbocycles. The molecule has 0 spiro atoms. The molecule has 0 saturated heterocycles. The predicted molar refractivity (Wildman–Crippen MR) is 96.5 cm³/mol. The quantitative estimate of drug-likeness (QED) is 0.847. The molecule has 3 N–H and O–H groups in total. The maximum Gasteiger partial charge on any atom is 0.261 e. The first-order valence-electron chi connectivity index (χ1n) is 8.61. The third-order valence-electron chi connectivity index (χ3n) is 5.25. The number of hydrogen-bond acceptors (Lipinski definition) is 3. The summed E-state index contributed by atoms with van der Waals surface area (Å²) in [4.78, 5) is 12.6. The molecule has 3 atom stereocenters. The molecule has 2 bridgehead atoms. The van der Waals surface area contributed by atoms with Crippen LogP contribution in [-0.2, 0) is 4.79 Å². The maximum absolute atomic E-state index is 12.6. The van der Waals surface area contributed by atoms with E-state index in [1.54, 1.807) is 25.1 Å². The topological polar surface area (TPSA) is 64.3 Å². The summed E-state index contributed by atoms with van der Waals surface area (Å²) >= 11 is 12.0. The molecule has 2 fully saturated rings. The van der Waals surface area contributed by atoms with Gasteiger partial charge in [0.25, 0.3) is 5.91 Å². The van der Waals surface area contributed by atoms with Crippen LogP contribution in [0.25, 0.3) is 0 Å². The van der Waals surface area contributed by atoms with Gasteiger partial charge in [0.05, 0.1) is 5.02 Å². The Bertz CT molecular complexity index is 597. The van der Waals surface area contributed by atoms with E-state index >= 15 is 0 Å². The molecule has 24 heavy (non-hydrogen) atoms. The van der Waals surface area contributed by atoms with Gasteiger partial charge in [-0.1, -0.05) is 29.6 Å². The van der Waals surface area contributed by atoms with Crippen LogP contribution >= 0.6 is 23.2 Å². The van der Waals surface area contributed by atoms with Gasteiger partial charge in [-0.3, -0.25) is 4.79 Å². The third-order valence-corrected chi connectivity index (χ3v) is 5.78. The maximum atomic E-state index is 12.6. The van der Waals surface area contributed by atoms with Crippen LogP contribution in [0, 0.1) is 11.8 Å². The monoisotopic (exact) mass is 370 g/mol. The Morgan fingerprint density at radius 3 is 2.58 bits per heavy atom. The van der Waals surface area contributed by atoms with Crippen LogP contribution in [0.4, 0.5) is 0 Å². The molecule has 0 radical (unpaired) electrons. The Morgan fingerprint density at radius 2 is 1.96 bits per heavy atom. The fourth-order valence-corrected chi connectivity index (χ4v) is 4.57. The first-order valence-corrected chi connectivity index (χ1v) is 9.37. The van der Waals surface area contributed by atoms with Crippen molar-refractivity contribution >= 4 is 29.1 Å². The second-order valence-corrected chi connectivity index (χ2v) is 7.90. The van der Waals surface area contributed by atoms with E-state index in [1.165, 1.54) is 6.42 Å². The van der Waals surface area contributed by atoms with Crippen molar-refractivity contribution in [3.63, 3.8) is 0 Å². The van der Waals surface area contributed by atoms with Gasteiger partial charge in [0, 0.05) is 17.1 Å². The van der Waals surface area contributed by atoms with E-state index in [2.05, 4.69) is 5.32 Å². The van der Waals surface area contributed by atoms with Crippen molar-refractivity contribution in [3.05, 3.63) is 28.2 Å². The summed E-state index contributed by atoms with van der Waals surface area (Å²) in [5.41, 5.74) is 6.15. The molecule has 6 heteroatoms. The number of fused-ring (bicyclic) bond motifs is 2. The molecule has 0 aromatic heterocycles. The van der Waals surface area contributed by atoms with E-state index in [-0.39, 0.29) is 18.0 Å². The van der Waals surface area contributed by atoms with Gasteiger partial charge >= 0.3 is 0 Å². The number of amides is 1. The minimum absolute atomic E-state index is 0.0987. The largest absolute Gasteiger partial charge is 0.479 e. The molecule has 4 nitrogen and oxygen atoms in total. The highest BCUT2D eigenvalue weighted by molar-refractivity contribution is 6.35. The first kappa shape index (κ1) is 17.8. The SMILES string of the molecule is CC(Oc1ccc(Cl)cc1Cl)C(=O)NC1C2CCCC1CC(N)C2. The first-order chi connectivity index (χ1) is 11.4. The zero-order chi connectivity index (χ0) is 17.3. The van der Waals surface area contributed by atoms with Gasteiger partial charge in [-0.2, -0.15) is 0 Å². The van der Waals surface area contributed by atoms with Crippen molar-refractivity contribution in [3.8, 4) is 5.75 Å². The van der Waals surface area contributed by atoms with Gasteiger partial charge in [-0.05, 0) is 62.6 Å². The number of nitrogens with one attached hydrogen (secondary N) is 1. The second kappa shape index (κ2) is 7.51. The fourth-order valence-electron chi connectivity index (χ4n) is 4.12. The zero-order valence-corrected chi connectivity index (χ0v) is 15.3. The third kappa shape index (κ3) is 3.98. The average molecular weight is 371 g/mol. The van der Waals surface area contributed by atoms with Gasteiger partial charge in [0.1, 0.15) is 5.75 Å². The number of benzene rings is 1. The van der Waals surface area contributed by atoms with E-state index in [4.69, 9.17) is 33.7 Å². The smallest absolute Gasteiger partial charge is 0.261 e. The van der Waals surface area contributed by atoms with Crippen LogP contribution in [0.2, 0.25) is 10.0 Å². The molecular formula is C18H24Cl2N2O2. The fraction of sp³-hybridized carbons (Fsp3) is 0.611. The molecule has 3 rings (SSSR count). The normalized spacial score (nSPS) is 30.5. The standard InChI is InChI=1S/C18H24Cl2N2O2/c1-10(24-16-6-5-13(19)9-15(16)20)18(23)22-17-11-3-2-4-12(17)8-14(21)7-11/h5-6,9-12,14,17H,2-4,7-8,21H2,1H3,(H,22,23). The van der Waals surface area contributed by atoms with Crippen LogP contribution in [0.15, 0.2) is 18.2 Å². The lowest BCUT2D eigenvalue weighted by Gasteiger charge is -2.45. The van der Waals surface area contributed by atoms with Crippen molar-refractivity contribution < 1.29 is 9.53 Å². The van der Waals surface area contributed by atoms with Crippen molar-refractivity contribution in [1.82, 2.24) is 5.32 Å². The minimum Gasteiger partial charge on any atom is -0.479 e. The number of rotatable bonds is 4. The average Bonchev–Trinajstić information content (AvgIpc) is 2.50. The molecule has 132 valence electrons.